The lowest BCUT2D eigenvalue weighted by atomic mass is 10.0. The number of unbranched alkanes of at least 4 members (excludes halogenated alkanes) is 40. The summed E-state index contributed by atoms with van der Waals surface area (Å²) < 4.78 is 5.46. The van der Waals surface area contributed by atoms with Crippen LogP contribution < -0.4 is 5.32 Å². The molecule has 0 aliphatic carbocycles. The molecule has 1 amide bonds. The van der Waals surface area contributed by atoms with Crippen LogP contribution in [0.1, 0.15) is 309 Å². The summed E-state index contributed by atoms with van der Waals surface area (Å²) in [7, 11) is 0. The van der Waals surface area contributed by atoms with Crippen LogP contribution in [0.2, 0.25) is 0 Å². The molecule has 0 saturated carbocycles. The van der Waals surface area contributed by atoms with Crippen molar-refractivity contribution in [3.05, 3.63) is 24.3 Å². The second-order valence-corrected chi connectivity index (χ2v) is 19.6. The van der Waals surface area contributed by atoms with Gasteiger partial charge in [0.1, 0.15) is 0 Å². The van der Waals surface area contributed by atoms with Crippen molar-refractivity contribution < 1.29 is 24.5 Å². The van der Waals surface area contributed by atoms with Gasteiger partial charge >= 0.3 is 5.97 Å². The Hall–Kier alpha value is -1.66. The van der Waals surface area contributed by atoms with Crippen LogP contribution in [0.25, 0.3) is 0 Å². The second kappa shape index (κ2) is 54.0. The van der Waals surface area contributed by atoms with Gasteiger partial charge in [-0.3, -0.25) is 9.59 Å². The lowest BCUT2D eigenvalue weighted by Gasteiger charge is -2.20. The maximum atomic E-state index is 12.4. The first kappa shape index (κ1) is 62.3. The average molecular weight is 903 g/mol. The Balaban J connectivity index is 3.35. The van der Waals surface area contributed by atoms with E-state index in [-0.39, 0.29) is 18.5 Å². The standard InChI is InChI=1S/C58H111NO5/c1-3-5-7-9-11-13-31-36-40-44-48-52-58(63)64-53-49-45-41-37-33-30-28-26-24-22-20-18-16-15-17-19-21-23-25-27-29-32-35-39-43-47-51-57(62)59-55(54-60)56(61)50-46-42-38-34-14-12-10-8-6-4-2/h9,11,46,50,55-56,60-61H,3-8,10,12-45,47-49,51-54H2,1-2H3,(H,59,62)/b11-9-,50-46+. The van der Waals surface area contributed by atoms with Crippen LogP contribution in [0.5, 0.6) is 0 Å². The van der Waals surface area contributed by atoms with Gasteiger partial charge < -0.3 is 20.3 Å². The molecule has 0 rings (SSSR count). The number of carbonyl (C=O) groups excluding carboxylic acids is 2. The van der Waals surface area contributed by atoms with Gasteiger partial charge in [0, 0.05) is 12.8 Å². The van der Waals surface area contributed by atoms with Gasteiger partial charge in [-0.25, -0.2) is 0 Å². The molecule has 2 unspecified atom stereocenters. The van der Waals surface area contributed by atoms with E-state index in [0.29, 0.717) is 19.4 Å². The number of rotatable bonds is 53. The number of amides is 1. The van der Waals surface area contributed by atoms with Gasteiger partial charge in [0.25, 0.3) is 0 Å². The third-order valence-electron chi connectivity index (χ3n) is 13.2. The summed E-state index contributed by atoms with van der Waals surface area (Å²) in [4.78, 5) is 24.4. The molecule has 0 heterocycles. The van der Waals surface area contributed by atoms with Crippen molar-refractivity contribution in [1.82, 2.24) is 5.32 Å². The minimum atomic E-state index is -0.840. The van der Waals surface area contributed by atoms with Crippen molar-refractivity contribution in [3.63, 3.8) is 0 Å². The van der Waals surface area contributed by atoms with Crippen molar-refractivity contribution >= 4 is 11.9 Å². The van der Waals surface area contributed by atoms with Crippen molar-refractivity contribution in [2.75, 3.05) is 13.2 Å². The fourth-order valence-electron chi connectivity index (χ4n) is 8.79. The van der Waals surface area contributed by atoms with Gasteiger partial charge in [-0.1, -0.05) is 269 Å². The van der Waals surface area contributed by atoms with Crippen LogP contribution in [0.4, 0.5) is 0 Å². The molecule has 0 bridgehead atoms. The van der Waals surface area contributed by atoms with Gasteiger partial charge in [0.2, 0.25) is 5.91 Å². The number of aliphatic hydroxyl groups is 2. The van der Waals surface area contributed by atoms with E-state index < -0.39 is 12.1 Å². The first-order valence-corrected chi connectivity index (χ1v) is 28.6. The lowest BCUT2D eigenvalue weighted by Crippen LogP contribution is -2.45. The normalized spacial score (nSPS) is 12.8. The maximum absolute atomic E-state index is 12.4. The van der Waals surface area contributed by atoms with Crippen molar-refractivity contribution in [3.8, 4) is 0 Å². The van der Waals surface area contributed by atoms with Gasteiger partial charge in [0.05, 0.1) is 25.4 Å². The number of nitrogens with one attached hydrogen (secondary N) is 1. The number of ether oxygens (including phenoxy) is 1. The molecule has 378 valence electrons. The predicted octanol–water partition coefficient (Wildman–Crippen LogP) is 17.5. The fraction of sp³-hybridized carbons (Fsp3) is 0.897. The first-order chi connectivity index (χ1) is 31.5. The summed E-state index contributed by atoms with van der Waals surface area (Å²) in [5.41, 5.74) is 0. The Bertz CT molecular complexity index is 997. The highest BCUT2D eigenvalue weighted by molar-refractivity contribution is 5.76. The largest absolute Gasteiger partial charge is 0.466 e. The van der Waals surface area contributed by atoms with E-state index >= 15 is 0 Å². The van der Waals surface area contributed by atoms with Crippen molar-refractivity contribution in [1.29, 1.82) is 0 Å². The number of hydrogen-bond donors (Lipinski definition) is 3. The summed E-state index contributed by atoms with van der Waals surface area (Å²) in [5, 5.41) is 23.0. The molecule has 0 aliphatic rings. The summed E-state index contributed by atoms with van der Waals surface area (Å²) in [6.45, 7) is 4.85. The van der Waals surface area contributed by atoms with Gasteiger partial charge in [-0.15, -0.1) is 0 Å². The zero-order chi connectivity index (χ0) is 46.5. The Kier molecular flexibility index (Phi) is 52.6. The SMILES string of the molecule is CCCC/C=C\CCCCCCCC(=O)OCCCCCCCCCCCCCCCCCCCCCCCCCCCCC(=O)NC(CO)C(O)/C=C/CCCCCCCCCC. The number of hydrogen-bond acceptors (Lipinski definition) is 5. The molecule has 0 radical (unpaired) electrons. The van der Waals surface area contributed by atoms with Gasteiger partial charge in [0.15, 0.2) is 0 Å². The van der Waals surface area contributed by atoms with Crippen molar-refractivity contribution in [2.24, 2.45) is 0 Å². The molecule has 0 saturated heterocycles. The number of aliphatic hydroxyl groups excluding tert-OH is 2. The van der Waals surface area contributed by atoms with E-state index in [9.17, 15) is 19.8 Å². The van der Waals surface area contributed by atoms with Crippen LogP contribution in [-0.2, 0) is 14.3 Å². The number of carbonyl (C=O) groups is 2. The molecule has 0 fully saturated rings. The molecular weight excluding hydrogens is 791 g/mol. The van der Waals surface area contributed by atoms with Crippen molar-refractivity contribution in [2.45, 2.75) is 321 Å². The average Bonchev–Trinajstić information content (AvgIpc) is 3.29. The zero-order valence-electron chi connectivity index (χ0n) is 43.0. The lowest BCUT2D eigenvalue weighted by molar-refractivity contribution is -0.143. The summed E-state index contributed by atoms with van der Waals surface area (Å²) >= 11 is 0. The second-order valence-electron chi connectivity index (χ2n) is 19.6. The number of allylic oxidation sites excluding steroid dienone is 3. The molecule has 0 spiro atoms. The predicted molar refractivity (Wildman–Crippen MR) is 278 cm³/mol. The zero-order valence-corrected chi connectivity index (χ0v) is 43.0. The molecule has 3 N–H and O–H groups in total. The topological polar surface area (TPSA) is 95.9 Å². The molecule has 6 nitrogen and oxygen atoms in total. The van der Waals surface area contributed by atoms with Crippen LogP contribution in [0.15, 0.2) is 24.3 Å². The van der Waals surface area contributed by atoms with Gasteiger partial charge in [-0.2, -0.15) is 0 Å². The van der Waals surface area contributed by atoms with E-state index in [1.54, 1.807) is 6.08 Å². The van der Waals surface area contributed by atoms with E-state index in [4.69, 9.17) is 4.74 Å². The van der Waals surface area contributed by atoms with E-state index in [1.165, 1.54) is 238 Å². The minimum absolute atomic E-state index is 0.00549. The van der Waals surface area contributed by atoms with E-state index in [0.717, 1.165) is 44.9 Å². The fourth-order valence-corrected chi connectivity index (χ4v) is 8.79. The van der Waals surface area contributed by atoms with Gasteiger partial charge in [-0.05, 0) is 51.4 Å². The third kappa shape index (κ3) is 49.8. The monoisotopic (exact) mass is 902 g/mol. The molecule has 0 aromatic heterocycles. The van der Waals surface area contributed by atoms with Crippen LogP contribution in [-0.4, -0.2) is 47.4 Å². The summed E-state index contributed by atoms with van der Waals surface area (Å²) in [6, 6.07) is -0.623. The molecule has 64 heavy (non-hydrogen) atoms. The highest BCUT2D eigenvalue weighted by Crippen LogP contribution is 2.17. The molecule has 0 aliphatic heterocycles. The molecular formula is C58H111NO5. The Morgan fingerprint density at radius 1 is 0.422 bits per heavy atom. The minimum Gasteiger partial charge on any atom is -0.466 e. The Morgan fingerprint density at radius 3 is 1.16 bits per heavy atom. The third-order valence-corrected chi connectivity index (χ3v) is 13.2. The maximum Gasteiger partial charge on any atom is 0.305 e. The van der Waals surface area contributed by atoms with Crippen LogP contribution >= 0.6 is 0 Å². The highest BCUT2D eigenvalue weighted by atomic mass is 16.5. The summed E-state index contributed by atoms with van der Waals surface area (Å²) in [6.07, 6.45) is 65.0. The van der Waals surface area contributed by atoms with Crippen LogP contribution in [0, 0.1) is 0 Å². The van der Waals surface area contributed by atoms with Crippen LogP contribution in [0.3, 0.4) is 0 Å². The molecule has 6 heteroatoms. The molecule has 2 atom stereocenters. The Labute approximate surface area is 399 Å². The first-order valence-electron chi connectivity index (χ1n) is 28.6. The highest BCUT2D eigenvalue weighted by Gasteiger charge is 2.18. The Morgan fingerprint density at radius 2 is 0.750 bits per heavy atom. The molecule has 0 aromatic rings. The smallest absolute Gasteiger partial charge is 0.305 e. The van der Waals surface area contributed by atoms with E-state index in [2.05, 4.69) is 31.3 Å². The number of esters is 1. The molecule has 0 aromatic carbocycles. The summed E-state index contributed by atoms with van der Waals surface area (Å²) in [5.74, 6) is -0.0617. The quantitative estimate of drug-likeness (QED) is 0.0321. The van der Waals surface area contributed by atoms with E-state index in [1.807, 2.05) is 6.08 Å².